The number of rotatable bonds is 7. The van der Waals surface area contributed by atoms with Crippen molar-refractivity contribution in [3.05, 3.63) is 11.9 Å². The molecular weight excluding hydrogens is 274 g/mol. The maximum atomic E-state index is 10.7. The number of carboxylic acid groups (broad SMARTS) is 1. The van der Waals surface area contributed by atoms with Gasteiger partial charge in [0.2, 0.25) is 0 Å². The van der Waals surface area contributed by atoms with Crippen LogP contribution in [0.3, 0.4) is 0 Å². The van der Waals surface area contributed by atoms with E-state index in [1.807, 2.05) is 13.1 Å². The Morgan fingerprint density at radius 3 is 2.80 bits per heavy atom. The number of aromatic nitrogens is 2. The Hall–Kier alpha value is -1.01. The molecule has 1 atom stereocenters. The summed E-state index contributed by atoms with van der Waals surface area (Å²) in [5, 5.41) is 9.60. The smallest absolute Gasteiger partial charge is 0.313 e. The summed E-state index contributed by atoms with van der Waals surface area (Å²) >= 11 is 1.30. The molecule has 0 saturated carbocycles. The predicted molar refractivity (Wildman–Crippen MR) is 80.2 cm³/mol. The van der Waals surface area contributed by atoms with Crippen molar-refractivity contribution in [1.29, 1.82) is 0 Å². The number of hydrogen-bond acceptors (Lipinski definition) is 4. The van der Waals surface area contributed by atoms with Crippen LogP contribution in [0.25, 0.3) is 0 Å². The van der Waals surface area contributed by atoms with Crippen LogP contribution in [0.15, 0.2) is 11.4 Å². The van der Waals surface area contributed by atoms with Crippen molar-refractivity contribution in [3.8, 4) is 0 Å². The normalized spacial score (nSPS) is 17.5. The number of nitrogens with zero attached hydrogens (tertiary/aromatic N) is 3. The first kappa shape index (κ1) is 15.4. The van der Waals surface area contributed by atoms with E-state index in [2.05, 4.69) is 21.4 Å². The monoisotopic (exact) mass is 297 g/mol. The first-order chi connectivity index (χ1) is 9.56. The predicted octanol–water partition coefficient (Wildman–Crippen LogP) is 2.10. The van der Waals surface area contributed by atoms with Crippen LogP contribution in [-0.2, 0) is 11.3 Å². The van der Waals surface area contributed by atoms with Gasteiger partial charge in [-0.1, -0.05) is 18.7 Å². The van der Waals surface area contributed by atoms with Crippen molar-refractivity contribution >= 4 is 17.7 Å². The molecule has 0 bridgehead atoms. The fraction of sp³-hybridized carbons (Fsp3) is 0.714. The molecule has 2 rings (SSSR count). The molecular formula is C14H23N3O2S. The minimum atomic E-state index is -0.799. The van der Waals surface area contributed by atoms with Gasteiger partial charge in [-0.05, 0) is 38.8 Å². The first-order valence-electron chi connectivity index (χ1n) is 7.15. The molecule has 1 aliphatic rings. The van der Waals surface area contributed by atoms with Crippen LogP contribution in [0.1, 0.15) is 25.5 Å². The van der Waals surface area contributed by atoms with Crippen molar-refractivity contribution in [2.75, 3.05) is 25.4 Å². The third-order valence-corrected chi connectivity index (χ3v) is 4.58. The summed E-state index contributed by atoms with van der Waals surface area (Å²) in [5.41, 5.74) is 1.10. The number of thioether (sulfide) groups is 1. The van der Waals surface area contributed by atoms with Gasteiger partial charge in [0.1, 0.15) is 0 Å². The second-order valence-electron chi connectivity index (χ2n) is 5.59. The SMILES string of the molecule is Cc1cnc(SCC(=O)O)n1CC(C)CN1CCCC1. The van der Waals surface area contributed by atoms with Crippen molar-refractivity contribution in [2.24, 2.45) is 5.92 Å². The van der Waals surface area contributed by atoms with Gasteiger partial charge in [0.15, 0.2) is 5.16 Å². The highest BCUT2D eigenvalue weighted by Gasteiger charge is 2.17. The second kappa shape index (κ2) is 7.13. The van der Waals surface area contributed by atoms with E-state index in [4.69, 9.17) is 5.11 Å². The van der Waals surface area contributed by atoms with Crippen LogP contribution in [0.2, 0.25) is 0 Å². The number of aryl methyl sites for hydroxylation is 1. The number of aliphatic carboxylic acids is 1. The van der Waals surface area contributed by atoms with Crippen molar-refractivity contribution < 1.29 is 9.90 Å². The molecule has 1 aromatic rings. The number of likely N-dealkylation sites (tertiary alicyclic amines) is 1. The van der Waals surface area contributed by atoms with Crippen LogP contribution in [0.5, 0.6) is 0 Å². The lowest BCUT2D eigenvalue weighted by Gasteiger charge is -2.21. The Labute approximate surface area is 124 Å². The van der Waals surface area contributed by atoms with E-state index >= 15 is 0 Å². The maximum Gasteiger partial charge on any atom is 0.313 e. The Morgan fingerprint density at radius 2 is 2.15 bits per heavy atom. The molecule has 0 aliphatic carbocycles. The molecule has 1 N–H and O–H groups in total. The fourth-order valence-corrected chi connectivity index (χ4v) is 3.43. The Balaban J connectivity index is 1.93. The van der Waals surface area contributed by atoms with Gasteiger partial charge in [0.05, 0.1) is 5.75 Å². The molecule has 6 heteroatoms. The van der Waals surface area contributed by atoms with Gasteiger partial charge in [-0.3, -0.25) is 4.79 Å². The van der Waals surface area contributed by atoms with Crippen LogP contribution >= 0.6 is 11.8 Å². The quantitative estimate of drug-likeness (QED) is 0.781. The Kier molecular flexibility index (Phi) is 5.48. The molecule has 5 nitrogen and oxygen atoms in total. The van der Waals surface area contributed by atoms with Crippen molar-refractivity contribution in [1.82, 2.24) is 14.5 Å². The zero-order valence-electron chi connectivity index (χ0n) is 12.2. The molecule has 1 unspecified atom stereocenters. The van der Waals surface area contributed by atoms with Gasteiger partial charge in [-0.25, -0.2) is 4.98 Å². The van der Waals surface area contributed by atoms with Gasteiger partial charge in [0.25, 0.3) is 0 Å². The number of carboxylic acids is 1. The molecule has 0 aromatic carbocycles. The minimum Gasteiger partial charge on any atom is -0.481 e. The van der Waals surface area contributed by atoms with Crippen molar-refractivity contribution in [3.63, 3.8) is 0 Å². The van der Waals surface area contributed by atoms with E-state index in [0.717, 1.165) is 23.9 Å². The van der Waals surface area contributed by atoms with Crippen molar-refractivity contribution in [2.45, 2.75) is 38.4 Å². The van der Waals surface area contributed by atoms with E-state index in [0.29, 0.717) is 5.92 Å². The third kappa shape index (κ3) is 4.24. The molecule has 0 amide bonds. The highest BCUT2D eigenvalue weighted by Crippen LogP contribution is 2.20. The third-order valence-electron chi connectivity index (χ3n) is 3.61. The largest absolute Gasteiger partial charge is 0.481 e. The van der Waals surface area contributed by atoms with Crippen LogP contribution in [0.4, 0.5) is 0 Å². The molecule has 0 spiro atoms. The van der Waals surface area contributed by atoms with E-state index in [-0.39, 0.29) is 5.75 Å². The standard InChI is InChI=1S/C14H23N3O2S/c1-11(8-16-5-3-4-6-16)9-17-12(2)7-15-14(17)20-10-13(18)19/h7,11H,3-6,8-10H2,1-2H3,(H,18,19). The van der Waals surface area contributed by atoms with Crippen LogP contribution in [0, 0.1) is 12.8 Å². The fourth-order valence-electron chi connectivity index (χ4n) is 2.68. The molecule has 112 valence electrons. The van der Waals surface area contributed by atoms with E-state index in [9.17, 15) is 4.79 Å². The summed E-state index contributed by atoms with van der Waals surface area (Å²) in [7, 11) is 0. The van der Waals surface area contributed by atoms with Gasteiger partial charge in [0, 0.05) is 25.0 Å². The van der Waals surface area contributed by atoms with Crippen LogP contribution < -0.4 is 0 Å². The van der Waals surface area contributed by atoms with E-state index in [1.165, 1.54) is 37.7 Å². The zero-order chi connectivity index (χ0) is 14.5. The van der Waals surface area contributed by atoms with Gasteiger partial charge >= 0.3 is 5.97 Å². The maximum absolute atomic E-state index is 10.7. The average Bonchev–Trinajstić information content (AvgIpc) is 2.99. The molecule has 2 heterocycles. The minimum absolute atomic E-state index is 0.0664. The number of carbonyl (C=O) groups is 1. The molecule has 1 aliphatic heterocycles. The number of hydrogen-bond donors (Lipinski definition) is 1. The Morgan fingerprint density at radius 1 is 1.45 bits per heavy atom. The second-order valence-corrected chi connectivity index (χ2v) is 6.53. The molecule has 20 heavy (non-hydrogen) atoms. The molecule has 1 aromatic heterocycles. The lowest BCUT2D eigenvalue weighted by Crippen LogP contribution is -2.28. The molecule has 0 radical (unpaired) electrons. The highest BCUT2D eigenvalue weighted by molar-refractivity contribution is 7.99. The lowest BCUT2D eigenvalue weighted by molar-refractivity contribution is -0.133. The van der Waals surface area contributed by atoms with Crippen LogP contribution in [-0.4, -0.2) is 50.9 Å². The molecule has 1 saturated heterocycles. The summed E-state index contributed by atoms with van der Waals surface area (Å²) in [4.78, 5) is 17.5. The summed E-state index contributed by atoms with van der Waals surface area (Å²) < 4.78 is 2.15. The molecule has 1 fully saturated rings. The summed E-state index contributed by atoms with van der Waals surface area (Å²) in [5.74, 6) is -0.186. The van der Waals surface area contributed by atoms with Gasteiger partial charge in [-0.15, -0.1) is 0 Å². The zero-order valence-corrected chi connectivity index (χ0v) is 13.0. The lowest BCUT2D eigenvalue weighted by atomic mass is 10.1. The van der Waals surface area contributed by atoms with Gasteiger partial charge < -0.3 is 14.6 Å². The number of imidazole rings is 1. The first-order valence-corrected chi connectivity index (χ1v) is 8.14. The topological polar surface area (TPSA) is 58.4 Å². The highest BCUT2D eigenvalue weighted by atomic mass is 32.2. The van der Waals surface area contributed by atoms with Gasteiger partial charge in [-0.2, -0.15) is 0 Å². The summed E-state index contributed by atoms with van der Waals surface area (Å²) in [6.45, 7) is 8.73. The summed E-state index contributed by atoms with van der Waals surface area (Å²) in [6.07, 6.45) is 4.46. The average molecular weight is 297 g/mol. The van der Waals surface area contributed by atoms with E-state index in [1.54, 1.807) is 0 Å². The summed E-state index contributed by atoms with van der Waals surface area (Å²) in [6, 6.07) is 0. The Bertz CT molecular complexity index is 455. The van der Waals surface area contributed by atoms with E-state index < -0.39 is 5.97 Å².